The van der Waals surface area contributed by atoms with Crippen LogP contribution in [0.5, 0.6) is 0 Å². The molecule has 3 unspecified atom stereocenters. The number of carboxylic acid groups (broad SMARTS) is 1. The van der Waals surface area contributed by atoms with Crippen molar-refractivity contribution in [3.63, 3.8) is 0 Å². The van der Waals surface area contributed by atoms with E-state index in [0.717, 1.165) is 25.8 Å². The number of urea groups is 1. The predicted octanol–water partition coefficient (Wildman–Crippen LogP) is 2.31. The highest BCUT2D eigenvalue weighted by Gasteiger charge is 2.49. The Morgan fingerprint density at radius 2 is 1.85 bits per heavy atom. The van der Waals surface area contributed by atoms with Gasteiger partial charge >= 0.3 is 12.0 Å². The van der Waals surface area contributed by atoms with Crippen LogP contribution < -0.4 is 0 Å². The Hall–Kier alpha value is -1.26. The van der Waals surface area contributed by atoms with Gasteiger partial charge in [-0.3, -0.25) is 0 Å². The SMILES string of the molecule is CC1(C(=O)O)CCCN1C(=O)N1CCC2CCCCC21. The molecule has 0 aromatic carbocycles. The monoisotopic (exact) mass is 280 g/mol. The number of aliphatic carboxylic acids is 1. The van der Waals surface area contributed by atoms with Gasteiger partial charge in [-0.2, -0.15) is 0 Å². The molecular weight excluding hydrogens is 256 g/mol. The molecule has 3 atom stereocenters. The van der Waals surface area contributed by atoms with Crippen LogP contribution in [0.15, 0.2) is 0 Å². The molecule has 0 spiro atoms. The van der Waals surface area contributed by atoms with Crippen LogP contribution in [-0.2, 0) is 4.79 Å². The molecule has 20 heavy (non-hydrogen) atoms. The average Bonchev–Trinajstić information content (AvgIpc) is 3.02. The number of carbonyl (C=O) groups excluding carboxylic acids is 1. The van der Waals surface area contributed by atoms with Crippen molar-refractivity contribution >= 4 is 12.0 Å². The highest BCUT2D eigenvalue weighted by molar-refractivity contribution is 5.87. The Balaban J connectivity index is 1.77. The van der Waals surface area contributed by atoms with E-state index in [1.54, 1.807) is 11.8 Å². The van der Waals surface area contributed by atoms with Crippen molar-refractivity contribution in [1.82, 2.24) is 9.80 Å². The fourth-order valence-corrected chi connectivity index (χ4v) is 4.29. The zero-order valence-electron chi connectivity index (χ0n) is 12.2. The van der Waals surface area contributed by atoms with Gasteiger partial charge < -0.3 is 14.9 Å². The standard InChI is InChI=1S/C15H24N2O3/c1-15(13(18)19)8-4-9-17(15)14(20)16-10-7-11-5-2-3-6-12(11)16/h11-12H,2-10H2,1H3,(H,18,19). The molecule has 0 radical (unpaired) electrons. The van der Waals surface area contributed by atoms with E-state index in [9.17, 15) is 14.7 Å². The summed E-state index contributed by atoms with van der Waals surface area (Å²) in [5.74, 6) is -0.228. The van der Waals surface area contributed by atoms with Crippen LogP contribution in [0.2, 0.25) is 0 Å². The molecule has 1 aliphatic carbocycles. The van der Waals surface area contributed by atoms with Crippen LogP contribution >= 0.6 is 0 Å². The lowest BCUT2D eigenvalue weighted by molar-refractivity contribution is -0.147. The fourth-order valence-electron chi connectivity index (χ4n) is 4.29. The van der Waals surface area contributed by atoms with E-state index in [0.29, 0.717) is 24.9 Å². The molecule has 2 heterocycles. The first-order valence-electron chi connectivity index (χ1n) is 7.85. The minimum absolute atomic E-state index is 0.0400. The normalized spacial score (nSPS) is 37.0. The first kappa shape index (κ1) is 13.7. The maximum Gasteiger partial charge on any atom is 0.329 e. The van der Waals surface area contributed by atoms with Crippen molar-refractivity contribution in [2.45, 2.75) is 63.5 Å². The average molecular weight is 280 g/mol. The van der Waals surface area contributed by atoms with Gasteiger partial charge in [0.1, 0.15) is 5.54 Å². The summed E-state index contributed by atoms with van der Waals surface area (Å²) in [4.78, 5) is 27.9. The number of rotatable bonds is 1. The molecule has 5 nitrogen and oxygen atoms in total. The quantitative estimate of drug-likeness (QED) is 0.801. The van der Waals surface area contributed by atoms with Gasteiger partial charge in [-0.05, 0) is 44.9 Å². The molecule has 3 aliphatic rings. The zero-order chi connectivity index (χ0) is 14.3. The molecule has 0 aromatic rings. The second-order valence-electron chi connectivity index (χ2n) is 6.71. The number of hydrogen-bond donors (Lipinski definition) is 1. The van der Waals surface area contributed by atoms with Gasteiger partial charge in [-0.25, -0.2) is 9.59 Å². The lowest BCUT2D eigenvalue weighted by atomic mass is 9.85. The highest BCUT2D eigenvalue weighted by Crippen LogP contribution is 2.38. The minimum Gasteiger partial charge on any atom is -0.480 e. The van der Waals surface area contributed by atoms with E-state index in [2.05, 4.69) is 0 Å². The van der Waals surface area contributed by atoms with Crippen LogP contribution in [0, 0.1) is 5.92 Å². The van der Waals surface area contributed by atoms with Crippen molar-refractivity contribution in [1.29, 1.82) is 0 Å². The summed E-state index contributed by atoms with van der Waals surface area (Å²) in [6, 6.07) is 0.316. The number of carboxylic acids is 1. The van der Waals surface area contributed by atoms with Gasteiger partial charge in [0.15, 0.2) is 0 Å². The third kappa shape index (κ3) is 1.98. The molecule has 1 N–H and O–H groups in total. The van der Waals surface area contributed by atoms with Gasteiger partial charge in [0.05, 0.1) is 0 Å². The maximum atomic E-state index is 12.8. The summed E-state index contributed by atoms with van der Waals surface area (Å²) < 4.78 is 0. The van der Waals surface area contributed by atoms with Crippen molar-refractivity contribution in [3.05, 3.63) is 0 Å². The van der Waals surface area contributed by atoms with E-state index < -0.39 is 11.5 Å². The summed E-state index contributed by atoms with van der Waals surface area (Å²) >= 11 is 0. The highest BCUT2D eigenvalue weighted by atomic mass is 16.4. The van der Waals surface area contributed by atoms with Crippen LogP contribution in [0.1, 0.15) is 51.9 Å². The summed E-state index contributed by atoms with van der Waals surface area (Å²) in [6.07, 6.45) is 7.24. The van der Waals surface area contributed by atoms with E-state index in [4.69, 9.17) is 0 Å². The number of carbonyl (C=O) groups is 2. The molecule has 3 rings (SSSR count). The molecular formula is C15H24N2O3. The second kappa shape index (κ2) is 4.93. The summed E-state index contributed by atoms with van der Waals surface area (Å²) in [5.41, 5.74) is -1.01. The van der Waals surface area contributed by atoms with Crippen molar-refractivity contribution < 1.29 is 14.7 Å². The van der Waals surface area contributed by atoms with Gasteiger partial charge in [0.25, 0.3) is 0 Å². The fraction of sp³-hybridized carbons (Fsp3) is 0.867. The lowest BCUT2D eigenvalue weighted by Crippen LogP contribution is -2.56. The van der Waals surface area contributed by atoms with Crippen LogP contribution in [0.4, 0.5) is 4.79 Å². The maximum absolute atomic E-state index is 12.8. The molecule has 0 bridgehead atoms. The number of fused-ring (bicyclic) bond motifs is 1. The van der Waals surface area contributed by atoms with Gasteiger partial charge in [0, 0.05) is 19.1 Å². The summed E-state index contributed by atoms with van der Waals surface area (Å²) in [7, 11) is 0. The van der Waals surface area contributed by atoms with E-state index in [1.807, 2.05) is 4.90 Å². The van der Waals surface area contributed by atoms with Crippen LogP contribution in [0.3, 0.4) is 0 Å². The summed E-state index contributed by atoms with van der Waals surface area (Å²) in [5, 5.41) is 9.45. The second-order valence-corrected chi connectivity index (χ2v) is 6.71. The summed E-state index contributed by atoms with van der Waals surface area (Å²) in [6.45, 7) is 3.07. The van der Waals surface area contributed by atoms with Gasteiger partial charge in [-0.1, -0.05) is 12.8 Å². The number of nitrogens with zero attached hydrogens (tertiary/aromatic N) is 2. The minimum atomic E-state index is -1.01. The molecule has 1 saturated carbocycles. The Bertz CT molecular complexity index is 425. The first-order chi connectivity index (χ1) is 9.54. The molecule has 2 amide bonds. The third-order valence-corrected chi connectivity index (χ3v) is 5.59. The largest absolute Gasteiger partial charge is 0.480 e. The molecule has 112 valence electrons. The Morgan fingerprint density at radius 3 is 2.60 bits per heavy atom. The smallest absolute Gasteiger partial charge is 0.329 e. The Labute approximate surface area is 119 Å². The van der Waals surface area contributed by atoms with Crippen molar-refractivity contribution in [2.24, 2.45) is 5.92 Å². The molecule has 3 fully saturated rings. The van der Waals surface area contributed by atoms with Gasteiger partial charge in [-0.15, -0.1) is 0 Å². The molecule has 5 heteroatoms. The third-order valence-electron chi connectivity index (χ3n) is 5.59. The van der Waals surface area contributed by atoms with Crippen molar-refractivity contribution in [3.8, 4) is 0 Å². The molecule has 2 saturated heterocycles. The zero-order valence-corrected chi connectivity index (χ0v) is 12.2. The first-order valence-corrected chi connectivity index (χ1v) is 7.85. The number of amides is 2. The van der Waals surface area contributed by atoms with Gasteiger partial charge in [0.2, 0.25) is 0 Å². The number of likely N-dealkylation sites (tertiary alicyclic amines) is 2. The Kier molecular flexibility index (Phi) is 3.38. The lowest BCUT2D eigenvalue weighted by Gasteiger charge is -2.38. The van der Waals surface area contributed by atoms with Crippen LogP contribution in [0.25, 0.3) is 0 Å². The van der Waals surface area contributed by atoms with E-state index >= 15 is 0 Å². The van der Waals surface area contributed by atoms with Crippen LogP contribution in [-0.4, -0.2) is 51.6 Å². The van der Waals surface area contributed by atoms with E-state index in [1.165, 1.54) is 19.3 Å². The topological polar surface area (TPSA) is 60.9 Å². The molecule has 2 aliphatic heterocycles. The molecule has 0 aromatic heterocycles. The van der Waals surface area contributed by atoms with Crippen molar-refractivity contribution in [2.75, 3.05) is 13.1 Å². The number of hydrogen-bond acceptors (Lipinski definition) is 2. The van der Waals surface area contributed by atoms with E-state index in [-0.39, 0.29) is 6.03 Å². The Morgan fingerprint density at radius 1 is 1.10 bits per heavy atom. The predicted molar refractivity (Wildman–Crippen MR) is 74.4 cm³/mol.